The van der Waals surface area contributed by atoms with Crippen molar-refractivity contribution in [1.82, 2.24) is 19.9 Å². The summed E-state index contributed by atoms with van der Waals surface area (Å²) in [5.41, 5.74) is 2.42. The highest BCUT2D eigenvalue weighted by Crippen LogP contribution is 2.43. The second-order valence-corrected chi connectivity index (χ2v) is 6.29. The van der Waals surface area contributed by atoms with Gasteiger partial charge in [-0.15, -0.1) is 0 Å². The van der Waals surface area contributed by atoms with E-state index in [1.54, 1.807) is 18.3 Å². The predicted octanol–water partition coefficient (Wildman–Crippen LogP) is 3.56. The topological polar surface area (TPSA) is 45.6 Å². The molecule has 0 saturated heterocycles. The van der Waals surface area contributed by atoms with Gasteiger partial charge >= 0.3 is 0 Å². The van der Waals surface area contributed by atoms with Gasteiger partial charge in [-0.25, -0.2) is 9.37 Å². The van der Waals surface area contributed by atoms with Crippen LogP contribution in [0.15, 0.2) is 36.8 Å². The van der Waals surface area contributed by atoms with E-state index in [1.807, 2.05) is 12.3 Å². The zero-order chi connectivity index (χ0) is 15.6. The predicted molar refractivity (Wildman–Crippen MR) is 88.8 cm³/mol. The van der Waals surface area contributed by atoms with Crippen LogP contribution in [0.4, 0.5) is 4.39 Å². The maximum atomic E-state index is 13.6. The summed E-state index contributed by atoms with van der Waals surface area (Å²) in [6.07, 6.45) is 10.3. The zero-order valence-electron chi connectivity index (χ0n) is 13.1. The first-order valence-electron chi connectivity index (χ1n) is 8.28. The molecule has 0 bridgehead atoms. The van der Waals surface area contributed by atoms with Crippen molar-refractivity contribution in [2.75, 3.05) is 6.54 Å². The van der Waals surface area contributed by atoms with E-state index in [0.717, 1.165) is 42.8 Å². The second-order valence-electron chi connectivity index (χ2n) is 6.29. The van der Waals surface area contributed by atoms with Crippen molar-refractivity contribution in [3.63, 3.8) is 0 Å². The number of rotatable bonds is 7. The lowest BCUT2D eigenvalue weighted by Gasteiger charge is -2.07. The number of aromatic nitrogens is 3. The van der Waals surface area contributed by atoms with Crippen molar-refractivity contribution >= 4 is 10.9 Å². The van der Waals surface area contributed by atoms with Gasteiger partial charge in [-0.2, -0.15) is 0 Å². The van der Waals surface area contributed by atoms with E-state index in [0.29, 0.717) is 5.92 Å². The molecular weight excluding hydrogens is 291 g/mol. The molecule has 0 atom stereocenters. The number of hydrogen-bond acceptors (Lipinski definition) is 2. The lowest BCUT2D eigenvalue weighted by molar-refractivity contribution is 0.552. The van der Waals surface area contributed by atoms with E-state index in [-0.39, 0.29) is 5.82 Å². The molecule has 1 aliphatic carbocycles. The van der Waals surface area contributed by atoms with Crippen molar-refractivity contribution in [3.8, 4) is 0 Å². The Kier molecular flexibility index (Phi) is 3.87. The molecule has 1 saturated carbocycles. The number of nitrogens with one attached hydrogen (secondary N) is 2. The molecule has 1 fully saturated rings. The largest absolute Gasteiger partial charge is 0.349 e. The van der Waals surface area contributed by atoms with Crippen LogP contribution in [0.25, 0.3) is 10.9 Å². The van der Waals surface area contributed by atoms with Gasteiger partial charge < -0.3 is 9.55 Å². The maximum absolute atomic E-state index is 13.6. The Morgan fingerprint density at radius 2 is 2.26 bits per heavy atom. The third-order valence-electron chi connectivity index (χ3n) is 4.50. The summed E-state index contributed by atoms with van der Waals surface area (Å²) in [6.45, 7) is 1.69. The third-order valence-corrected chi connectivity index (χ3v) is 4.50. The van der Waals surface area contributed by atoms with Crippen molar-refractivity contribution in [2.45, 2.75) is 38.3 Å². The Bertz CT molecular complexity index is 787. The van der Waals surface area contributed by atoms with E-state index < -0.39 is 0 Å². The number of H-pyrrole nitrogens is 1. The zero-order valence-corrected chi connectivity index (χ0v) is 13.1. The van der Waals surface area contributed by atoms with Gasteiger partial charge in [0.05, 0.1) is 6.67 Å². The van der Waals surface area contributed by atoms with Crippen LogP contribution in [0.2, 0.25) is 0 Å². The fraction of sp³-hybridized carbons (Fsp3) is 0.389. The Morgan fingerprint density at radius 1 is 1.35 bits per heavy atom. The number of fused-ring (bicyclic) bond motifs is 1. The van der Waals surface area contributed by atoms with E-state index >= 15 is 0 Å². The average molecular weight is 312 g/mol. The van der Waals surface area contributed by atoms with Crippen LogP contribution in [0.5, 0.6) is 0 Å². The van der Waals surface area contributed by atoms with Gasteiger partial charge in [0.15, 0.2) is 0 Å². The lowest BCUT2D eigenvalue weighted by Crippen LogP contribution is -2.19. The van der Waals surface area contributed by atoms with Gasteiger partial charge in [0.2, 0.25) is 0 Å². The van der Waals surface area contributed by atoms with E-state index in [9.17, 15) is 4.39 Å². The molecule has 23 heavy (non-hydrogen) atoms. The molecule has 2 heterocycles. The van der Waals surface area contributed by atoms with Crippen LogP contribution in [0, 0.1) is 5.82 Å². The van der Waals surface area contributed by atoms with Crippen LogP contribution < -0.4 is 5.32 Å². The highest BCUT2D eigenvalue weighted by atomic mass is 19.1. The Hall–Kier alpha value is -2.14. The fourth-order valence-corrected chi connectivity index (χ4v) is 3.16. The summed E-state index contributed by atoms with van der Waals surface area (Å²) in [6, 6.07) is 5.11. The molecule has 2 N–H and O–H groups in total. The summed E-state index contributed by atoms with van der Waals surface area (Å²) in [5.74, 6) is 1.51. The Balaban J connectivity index is 1.40. The van der Waals surface area contributed by atoms with Crippen LogP contribution >= 0.6 is 0 Å². The molecule has 3 aromatic rings. The third kappa shape index (κ3) is 3.15. The van der Waals surface area contributed by atoms with Crippen molar-refractivity contribution in [2.24, 2.45) is 0 Å². The first-order valence-corrected chi connectivity index (χ1v) is 8.28. The summed E-state index contributed by atoms with van der Waals surface area (Å²) < 4.78 is 15.8. The lowest BCUT2D eigenvalue weighted by atomic mass is 10.1. The van der Waals surface area contributed by atoms with E-state index in [2.05, 4.69) is 26.0 Å². The van der Waals surface area contributed by atoms with Crippen molar-refractivity contribution in [1.29, 1.82) is 0 Å². The minimum Gasteiger partial charge on any atom is -0.349 e. The molecule has 0 amide bonds. The first-order chi connectivity index (χ1) is 11.3. The SMILES string of the molecule is Fc1ccc2c(c1)c(C1CC1)cn2CNCCCc1ncc[nH]1. The smallest absolute Gasteiger partial charge is 0.123 e. The molecule has 2 aromatic heterocycles. The highest BCUT2D eigenvalue weighted by molar-refractivity contribution is 5.85. The van der Waals surface area contributed by atoms with Gasteiger partial charge in [-0.05, 0) is 55.5 Å². The number of halogens is 1. The molecule has 0 unspecified atom stereocenters. The van der Waals surface area contributed by atoms with Gasteiger partial charge in [0, 0.05) is 35.9 Å². The monoisotopic (exact) mass is 312 g/mol. The summed E-state index contributed by atoms with van der Waals surface area (Å²) in [7, 11) is 0. The quantitative estimate of drug-likeness (QED) is 0.655. The molecule has 120 valence electrons. The van der Waals surface area contributed by atoms with Crippen LogP contribution in [0.3, 0.4) is 0 Å². The molecule has 0 spiro atoms. The molecule has 0 radical (unpaired) electrons. The molecule has 1 aromatic carbocycles. The molecular formula is C18H21FN4. The first kappa shape index (κ1) is 14.5. The molecule has 5 heteroatoms. The minimum absolute atomic E-state index is 0.149. The number of benzene rings is 1. The van der Waals surface area contributed by atoms with Crippen LogP contribution in [-0.2, 0) is 13.1 Å². The average Bonchev–Trinajstić information content (AvgIpc) is 3.14. The standard InChI is InChI=1S/C18H21FN4/c19-14-5-6-17-15(10-14)16(13-3-4-13)11-23(17)12-20-7-1-2-18-21-8-9-22-18/h5-6,8-11,13,20H,1-4,7,12H2,(H,21,22). The summed E-state index contributed by atoms with van der Waals surface area (Å²) in [5, 5.41) is 4.55. The van der Waals surface area contributed by atoms with Crippen LogP contribution in [0.1, 0.15) is 36.6 Å². The van der Waals surface area contributed by atoms with Gasteiger partial charge in [0.1, 0.15) is 11.6 Å². The number of aromatic amines is 1. The minimum atomic E-state index is -0.149. The Labute approximate surface area is 134 Å². The molecule has 4 nitrogen and oxygen atoms in total. The number of imidazole rings is 1. The molecule has 1 aliphatic rings. The van der Waals surface area contributed by atoms with E-state index in [1.165, 1.54) is 18.4 Å². The maximum Gasteiger partial charge on any atom is 0.123 e. The van der Waals surface area contributed by atoms with Gasteiger partial charge in [-0.1, -0.05) is 0 Å². The normalized spacial score (nSPS) is 14.7. The fourth-order valence-electron chi connectivity index (χ4n) is 3.16. The van der Waals surface area contributed by atoms with Crippen molar-refractivity contribution in [3.05, 3.63) is 54.0 Å². The Morgan fingerprint density at radius 3 is 3.04 bits per heavy atom. The van der Waals surface area contributed by atoms with Gasteiger partial charge in [0.25, 0.3) is 0 Å². The van der Waals surface area contributed by atoms with Gasteiger partial charge in [-0.3, -0.25) is 5.32 Å². The summed E-state index contributed by atoms with van der Waals surface area (Å²) in [4.78, 5) is 7.35. The number of hydrogen-bond donors (Lipinski definition) is 2. The number of aryl methyl sites for hydroxylation is 1. The molecule has 4 rings (SSSR count). The highest BCUT2D eigenvalue weighted by Gasteiger charge is 2.27. The van der Waals surface area contributed by atoms with Crippen LogP contribution in [-0.4, -0.2) is 21.1 Å². The van der Waals surface area contributed by atoms with Crippen molar-refractivity contribution < 1.29 is 4.39 Å². The molecule has 0 aliphatic heterocycles. The number of nitrogens with zero attached hydrogens (tertiary/aromatic N) is 2. The second kappa shape index (κ2) is 6.16. The van der Waals surface area contributed by atoms with E-state index in [4.69, 9.17) is 0 Å². The summed E-state index contributed by atoms with van der Waals surface area (Å²) >= 11 is 0.